The van der Waals surface area contributed by atoms with Crippen LogP contribution in [0.5, 0.6) is 5.75 Å². The van der Waals surface area contributed by atoms with Gasteiger partial charge in [0.2, 0.25) is 0 Å². The van der Waals surface area contributed by atoms with Crippen LogP contribution in [0.25, 0.3) is 0 Å². The van der Waals surface area contributed by atoms with Gasteiger partial charge in [0, 0.05) is 6.04 Å². The van der Waals surface area contributed by atoms with E-state index in [4.69, 9.17) is 16.3 Å². The Morgan fingerprint density at radius 1 is 1.47 bits per heavy atom. The van der Waals surface area contributed by atoms with Gasteiger partial charge in [-0.2, -0.15) is 0 Å². The number of nitrogens with one attached hydrogen (secondary N) is 1. The Kier molecular flexibility index (Phi) is 6.67. The van der Waals surface area contributed by atoms with Crippen molar-refractivity contribution in [3.63, 3.8) is 0 Å². The summed E-state index contributed by atoms with van der Waals surface area (Å²) in [6.45, 7) is 5.29. The molecular formula is C14H20ClNO3. The normalized spacial score (nSPS) is 12.0. The maximum atomic E-state index is 11.0. The second kappa shape index (κ2) is 8.02. The number of rotatable bonds is 7. The Morgan fingerprint density at radius 2 is 2.21 bits per heavy atom. The minimum Gasteiger partial charge on any atom is -0.491 e. The molecule has 1 rings (SSSR count). The predicted octanol–water partition coefficient (Wildman–Crippen LogP) is 2.95. The number of carbonyl (C=O) groups excluding carboxylic acids is 1. The van der Waals surface area contributed by atoms with Crippen LogP contribution in [0.2, 0.25) is 5.02 Å². The molecule has 106 valence electrons. The van der Waals surface area contributed by atoms with Crippen molar-refractivity contribution in [1.82, 2.24) is 5.32 Å². The van der Waals surface area contributed by atoms with Crippen molar-refractivity contribution in [3.8, 4) is 5.75 Å². The Hall–Kier alpha value is -1.26. The van der Waals surface area contributed by atoms with Crippen molar-refractivity contribution >= 4 is 17.6 Å². The number of hydrogen-bond acceptors (Lipinski definition) is 4. The van der Waals surface area contributed by atoms with E-state index in [2.05, 4.69) is 23.9 Å². The van der Waals surface area contributed by atoms with Gasteiger partial charge in [-0.15, -0.1) is 0 Å². The lowest BCUT2D eigenvalue weighted by atomic mass is 10.1. The molecular weight excluding hydrogens is 266 g/mol. The lowest BCUT2D eigenvalue weighted by molar-refractivity contribution is -0.141. The van der Waals surface area contributed by atoms with Crippen molar-refractivity contribution in [2.24, 2.45) is 0 Å². The molecule has 4 nitrogen and oxygen atoms in total. The summed E-state index contributed by atoms with van der Waals surface area (Å²) in [4.78, 5) is 11.0. The van der Waals surface area contributed by atoms with Crippen molar-refractivity contribution in [2.75, 3.05) is 20.3 Å². The zero-order valence-corrected chi connectivity index (χ0v) is 12.3. The highest BCUT2D eigenvalue weighted by Crippen LogP contribution is 2.28. The second-order valence-electron chi connectivity index (χ2n) is 4.14. The summed E-state index contributed by atoms with van der Waals surface area (Å²) in [6.07, 6.45) is 0.211. The lowest BCUT2D eigenvalue weighted by Gasteiger charge is -2.14. The molecule has 0 heterocycles. The third-order valence-corrected chi connectivity index (χ3v) is 3.05. The number of halogens is 1. The van der Waals surface area contributed by atoms with Crippen LogP contribution >= 0.6 is 11.6 Å². The average Bonchev–Trinajstić information content (AvgIpc) is 2.40. The fourth-order valence-corrected chi connectivity index (χ4v) is 1.92. The van der Waals surface area contributed by atoms with Gasteiger partial charge in [0.1, 0.15) is 5.75 Å². The Morgan fingerprint density at radius 3 is 2.79 bits per heavy atom. The van der Waals surface area contributed by atoms with Gasteiger partial charge in [-0.25, -0.2) is 0 Å². The van der Waals surface area contributed by atoms with Crippen LogP contribution in [-0.2, 0) is 9.53 Å². The number of carbonyl (C=O) groups is 1. The molecule has 1 aromatic rings. The summed E-state index contributed by atoms with van der Waals surface area (Å²) in [6, 6.07) is 5.91. The van der Waals surface area contributed by atoms with E-state index in [1.54, 1.807) is 0 Å². The molecule has 1 atom stereocenters. The molecule has 0 amide bonds. The van der Waals surface area contributed by atoms with E-state index in [0.29, 0.717) is 10.8 Å². The summed E-state index contributed by atoms with van der Waals surface area (Å²) < 4.78 is 9.99. The SMILES string of the molecule is CCNC(C)c1ccc(OCCC(=O)OC)c(Cl)c1. The van der Waals surface area contributed by atoms with Gasteiger partial charge in [0.15, 0.2) is 0 Å². The highest BCUT2D eigenvalue weighted by molar-refractivity contribution is 6.32. The fourth-order valence-electron chi connectivity index (χ4n) is 1.67. The van der Waals surface area contributed by atoms with Crippen LogP contribution in [0.1, 0.15) is 31.9 Å². The Bertz CT molecular complexity index is 423. The molecule has 19 heavy (non-hydrogen) atoms. The number of hydrogen-bond donors (Lipinski definition) is 1. The van der Waals surface area contributed by atoms with Gasteiger partial charge < -0.3 is 14.8 Å². The maximum absolute atomic E-state index is 11.0. The first kappa shape index (κ1) is 15.8. The molecule has 0 saturated carbocycles. The van der Waals surface area contributed by atoms with Crippen molar-refractivity contribution < 1.29 is 14.3 Å². The summed E-state index contributed by atoms with van der Waals surface area (Å²) in [5.41, 5.74) is 1.10. The largest absolute Gasteiger partial charge is 0.491 e. The Labute approximate surface area is 119 Å². The standard InChI is InChI=1S/C14H20ClNO3/c1-4-16-10(2)11-5-6-13(12(15)9-11)19-8-7-14(17)18-3/h5-6,9-10,16H,4,7-8H2,1-3H3. The van der Waals surface area contributed by atoms with Crippen LogP contribution in [0.15, 0.2) is 18.2 Å². The zero-order valence-electron chi connectivity index (χ0n) is 11.5. The first-order chi connectivity index (χ1) is 9.08. The van der Waals surface area contributed by atoms with Gasteiger partial charge in [-0.1, -0.05) is 24.6 Å². The first-order valence-electron chi connectivity index (χ1n) is 6.31. The molecule has 0 aliphatic rings. The zero-order chi connectivity index (χ0) is 14.3. The van der Waals surface area contributed by atoms with Gasteiger partial charge >= 0.3 is 5.97 Å². The quantitative estimate of drug-likeness (QED) is 0.783. The van der Waals surface area contributed by atoms with E-state index < -0.39 is 0 Å². The third kappa shape index (κ3) is 5.09. The number of ether oxygens (including phenoxy) is 2. The van der Waals surface area contributed by atoms with Crippen LogP contribution in [0, 0.1) is 0 Å². The molecule has 0 spiro atoms. The lowest BCUT2D eigenvalue weighted by Crippen LogP contribution is -2.17. The number of esters is 1. The van der Waals surface area contributed by atoms with E-state index >= 15 is 0 Å². The topological polar surface area (TPSA) is 47.6 Å². The second-order valence-corrected chi connectivity index (χ2v) is 4.55. The van der Waals surface area contributed by atoms with Gasteiger partial charge in [0.05, 0.1) is 25.2 Å². The van der Waals surface area contributed by atoms with Crippen molar-refractivity contribution in [3.05, 3.63) is 28.8 Å². The van der Waals surface area contributed by atoms with Crippen molar-refractivity contribution in [1.29, 1.82) is 0 Å². The van der Waals surface area contributed by atoms with Gasteiger partial charge in [-0.3, -0.25) is 4.79 Å². The number of benzene rings is 1. The third-order valence-electron chi connectivity index (χ3n) is 2.76. The molecule has 5 heteroatoms. The molecule has 0 saturated heterocycles. The maximum Gasteiger partial charge on any atom is 0.308 e. The van der Waals surface area contributed by atoms with E-state index in [0.717, 1.165) is 12.1 Å². The van der Waals surface area contributed by atoms with Crippen LogP contribution < -0.4 is 10.1 Å². The highest BCUT2D eigenvalue weighted by atomic mass is 35.5. The minimum atomic E-state index is -0.298. The first-order valence-corrected chi connectivity index (χ1v) is 6.68. The summed E-state index contributed by atoms with van der Waals surface area (Å²) in [5.74, 6) is 0.284. The number of methoxy groups -OCH3 is 1. The minimum absolute atomic E-state index is 0.211. The molecule has 0 aliphatic carbocycles. The molecule has 0 radical (unpaired) electrons. The molecule has 0 bridgehead atoms. The smallest absolute Gasteiger partial charge is 0.308 e. The summed E-state index contributed by atoms with van der Waals surface area (Å²) in [7, 11) is 1.35. The monoisotopic (exact) mass is 285 g/mol. The van der Waals surface area contributed by atoms with Gasteiger partial charge in [-0.05, 0) is 31.2 Å². The molecule has 1 aromatic carbocycles. The van der Waals surface area contributed by atoms with Crippen molar-refractivity contribution in [2.45, 2.75) is 26.3 Å². The molecule has 0 aliphatic heterocycles. The summed E-state index contributed by atoms with van der Waals surface area (Å²) >= 11 is 6.15. The average molecular weight is 286 g/mol. The molecule has 0 aromatic heterocycles. The highest BCUT2D eigenvalue weighted by Gasteiger charge is 2.09. The molecule has 1 unspecified atom stereocenters. The van der Waals surface area contributed by atoms with Crippen LogP contribution in [0.3, 0.4) is 0 Å². The predicted molar refractivity (Wildman–Crippen MR) is 75.7 cm³/mol. The van der Waals surface area contributed by atoms with Crippen LogP contribution in [0.4, 0.5) is 0 Å². The molecule has 0 fully saturated rings. The van der Waals surface area contributed by atoms with E-state index in [-0.39, 0.29) is 25.0 Å². The Balaban J connectivity index is 2.59. The van der Waals surface area contributed by atoms with E-state index in [1.165, 1.54) is 7.11 Å². The molecule has 1 N–H and O–H groups in total. The fraction of sp³-hybridized carbons (Fsp3) is 0.500. The summed E-state index contributed by atoms with van der Waals surface area (Å²) in [5, 5.41) is 3.86. The van der Waals surface area contributed by atoms with Crippen LogP contribution in [-0.4, -0.2) is 26.2 Å². The van der Waals surface area contributed by atoms with E-state index in [1.807, 2.05) is 18.2 Å². The van der Waals surface area contributed by atoms with E-state index in [9.17, 15) is 4.79 Å². The van der Waals surface area contributed by atoms with Gasteiger partial charge in [0.25, 0.3) is 0 Å².